The Morgan fingerprint density at radius 2 is 2.33 bits per heavy atom. The molecule has 3 aromatic rings. The van der Waals surface area contributed by atoms with Crippen molar-refractivity contribution in [1.29, 1.82) is 0 Å². The molecule has 0 radical (unpaired) electrons. The van der Waals surface area contributed by atoms with Crippen LogP contribution in [0, 0.1) is 0 Å². The van der Waals surface area contributed by atoms with Gasteiger partial charge in [0.25, 0.3) is 0 Å². The van der Waals surface area contributed by atoms with Crippen molar-refractivity contribution in [3.05, 3.63) is 35.1 Å². The van der Waals surface area contributed by atoms with Crippen molar-refractivity contribution in [2.75, 3.05) is 0 Å². The fourth-order valence-electron chi connectivity index (χ4n) is 1.55. The van der Waals surface area contributed by atoms with Crippen LogP contribution in [-0.2, 0) is 0 Å². The fourth-order valence-corrected chi connectivity index (χ4v) is 2.84. The number of benzene rings is 1. The summed E-state index contributed by atoms with van der Waals surface area (Å²) in [4.78, 5) is 15.6. The first-order valence-electron chi connectivity index (χ1n) is 4.30. The first-order chi connectivity index (χ1) is 7.28. The third-order valence-electron chi connectivity index (χ3n) is 2.20. The van der Waals surface area contributed by atoms with Crippen LogP contribution in [-0.4, -0.2) is 15.7 Å². The average molecular weight is 237 g/mol. The number of carbonyl (C=O) groups excluding carboxylic acids is 1. The van der Waals surface area contributed by atoms with Crippen molar-refractivity contribution in [3.63, 3.8) is 0 Å². The number of hydrogen-bond donors (Lipinski definition) is 0. The van der Waals surface area contributed by atoms with Crippen molar-refractivity contribution in [3.8, 4) is 0 Å². The lowest BCUT2D eigenvalue weighted by molar-refractivity contribution is 0.111. The Morgan fingerprint density at radius 3 is 3.13 bits per heavy atom. The summed E-state index contributed by atoms with van der Waals surface area (Å²) in [7, 11) is 0. The van der Waals surface area contributed by atoms with Crippen molar-refractivity contribution in [2.45, 2.75) is 0 Å². The minimum Gasteiger partial charge on any atom is -0.296 e. The molecule has 1 aromatic carbocycles. The molecular weight excluding hydrogens is 232 g/mol. The van der Waals surface area contributed by atoms with Crippen molar-refractivity contribution in [1.82, 2.24) is 9.38 Å². The van der Waals surface area contributed by atoms with Crippen LogP contribution < -0.4 is 0 Å². The van der Waals surface area contributed by atoms with Gasteiger partial charge in [-0.2, -0.15) is 0 Å². The fraction of sp³-hybridized carbons (Fsp3) is 0. The molecule has 0 aliphatic carbocycles. The van der Waals surface area contributed by atoms with Crippen LogP contribution in [0.25, 0.3) is 15.2 Å². The number of fused-ring (bicyclic) bond motifs is 3. The van der Waals surface area contributed by atoms with Gasteiger partial charge < -0.3 is 0 Å². The van der Waals surface area contributed by atoms with Gasteiger partial charge in [-0.3, -0.25) is 9.20 Å². The summed E-state index contributed by atoms with van der Waals surface area (Å²) in [5, 5.41) is 0.711. The van der Waals surface area contributed by atoms with Crippen LogP contribution in [0.3, 0.4) is 0 Å². The highest BCUT2D eigenvalue weighted by Gasteiger charge is 2.08. The van der Waals surface area contributed by atoms with Crippen LogP contribution in [0.1, 0.15) is 10.5 Å². The average Bonchev–Trinajstić information content (AvgIpc) is 2.73. The van der Waals surface area contributed by atoms with Gasteiger partial charge >= 0.3 is 0 Å². The maximum absolute atomic E-state index is 10.6. The smallest absolute Gasteiger partial charge is 0.195 e. The second-order valence-corrected chi connectivity index (χ2v) is 4.60. The summed E-state index contributed by atoms with van der Waals surface area (Å²) in [6, 6.07) is 5.66. The second kappa shape index (κ2) is 3.05. The molecule has 0 spiro atoms. The molecule has 0 fully saturated rings. The summed E-state index contributed by atoms with van der Waals surface area (Å²) in [6.45, 7) is 0. The Labute approximate surface area is 93.9 Å². The number of imidazole rings is 1. The lowest BCUT2D eigenvalue weighted by atomic mass is 10.3. The molecule has 0 saturated heterocycles. The molecular formula is C10H5ClN2OS. The second-order valence-electron chi connectivity index (χ2n) is 3.15. The molecule has 0 atom stereocenters. The molecule has 0 saturated carbocycles. The number of hydrogen-bond acceptors (Lipinski definition) is 3. The molecule has 0 aliphatic rings. The largest absolute Gasteiger partial charge is 0.296 e. The molecule has 0 aliphatic heterocycles. The quantitative estimate of drug-likeness (QED) is 0.609. The van der Waals surface area contributed by atoms with E-state index < -0.39 is 0 Å². The van der Waals surface area contributed by atoms with E-state index in [2.05, 4.69) is 4.98 Å². The third-order valence-corrected chi connectivity index (χ3v) is 3.45. The third kappa shape index (κ3) is 1.26. The van der Waals surface area contributed by atoms with Gasteiger partial charge in [-0.1, -0.05) is 22.9 Å². The molecule has 5 heteroatoms. The lowest BCUT2D eigenvalue weighted by Gasteiger charge is -1.90. The van der Waals surface area contributed by atoms with E-state index in [9.17, 15) is 4.79 Å². The highest BCUT2D eigenvalue weighted by molar-refractivity contribution is 7.23. The first-order valence-corrected chi connectivity index (χ1v) is 5.50. The maximum Gasteiger partial charge on any atom is 0.195 e. The number of aldehydes is 1. The molecule has 2 heterocycles. The van der Waals surface area contributed by atoms with Gasteiger partial charge in [0.1, 0.15) is 5.69 Å². The number of thiazole rings is 1. The molecule has 3 rings (SSSR count). The number of aromatic nitrogens is 2. The van der Waals surface area contributed by atoms with E-state index in [1.165, 1.54) is 11.3 Å². The highest BCUT2D eigenvalue weighted by atomic mass is 35.5. The van der Waals surface area contributed by atoms with Crippen molar-refractivity contribution < 1.29 is 4.79 Å². The molecule has 0 unspecified atom stereocenters. The van der Waals surface area contributed by atoms with Crippen LogP contribution in [0.2, 0.25) is 5.02 Å². The summed E-state index contributed by atoms with van der Waals surface area (Å²) in [5.74, 6) is 0. The first kappa shape index (κ1) is 8.88. The van der Waals surface area contributed by atoms with E-state index in [-0.39, 0.29) is 0 Å². The SMILES string of the molecule is O=Cc1cn2c(n1)sc1cc(Cl)ccc12. The monoisotopic (exact) mass is 236 g/mol. The minimum absolute atomic E-state index is 0.457. The predicted octanol–water partition coefficient (Wildman–Crippen LogP) is 3.01. The molecule has 3 nitrogen and oxygen atoms in total. The van der Waals surface area contributed by atoms with Gasteiger partial charge in [0, 0.05) is 11.2 Å². The van der Waals surface area contributed by atoms with E-state index in [1.54, 1.807) is 6.20 Å². The van der Waals surface area contributed by atoms with E-state index in [0.717, 1.165) is 21.5 Å². The zero-order valence-corrected chi connectivity index (χ0v) is 9.05. The summed E-state index contributed by atoms with van der Waals surface area (Å²) >= 11 is 7.41. The van der Waals surface area contributed by atoms with Crippen molar-refractivity contribution in [2.24, 2.45) is 0 Å². The molecule has 2 aromatic heterocycles. The zero-order valence-electron chi connectivity index (χ0n) is 7.48. The Morgan fingerprint density at radius 1 is 1.47 bits per heavy atom. The normalized spacial score (nSPS) is 11.3. The Bertz CT molecular complexity index is 670. The van der Waals surface area contributed by atoms with Crippen LogP contribution in [0.5, 0.6) is 0 Å². The van der Waals surface area contributed by atoms with Gasteiger partial charge in [-0.25, -0.2) is 4.98 Å². The van der Waals surface area contributed by atoms with Gasteiger partial charge in [-0.05, 0) is 18.2 Å². The van der Waals surface area contributed by atoms with Gasteiger partial charge in [0.05, 0.1) is 10.2 Å². The lowest BCUT2D eigenvalue weighted by Crippen LogP contribution is -1.77. The highest BCUT2D eigenvalue weighted by Crippen LogP contribution is 2.28. The Hall–Kier alpha value is -1.39. The molecule has 15 heavy (non-hydrogen) atoms. The van der Waals surface area contributed by atoms with Crippen LogP contribution in [0.15, 0.2) is 24.4 Å². The maximum atomic E-state index is 10.6. The van der Waals surface area contributed by atoms with Gasteiger partial charge in [0.2, 0.25) is 0 Å². The number of halogens is 1. The standard InChI is InChI=1S/C10H5ClN2OS/c11-6-1-2-8-9(3-6)15-10-12-7(5-14)4-13(8)10/h1-5H. The van der Waals surface area contributed by atoms with Crippen molar-refractivity contribution >= 4 is 44.4 Å². The van der Waals surface area contributed by atoms with Crippen LogP contribution >= 0.6 is 22.9 Å². The van der Waals surface area contributed by atoms with E-state index in [4.69, 9.17) is 11.6 Å². The van der Waals surface area contributed by atoms with E-state index >= 15 is 0 Å². The predicted molar refractivity (Wildman–Crippen MR) is 61.0 cm³/mol. The topological polar surface area (TPSA) is 34.4 Å². The summed E-state index contributed by atoms with van der Waals surface area (Å²) in [6.07, 6.45) is 2.48. The van der Waals surface area contributed by atoms with E-state index in [0.29, 0.717) is 10.7 Å². The number of carbonyl (C=O) groups is 1. The molecule has 0 bridgehead atoms. The molecule has 74 valence electrons. The molecule has 0 N–H and O–H groups in total. The number of rotatable bonds is 1. The van der Waals surface area contributed by atoms with Crippen LogP contribution in [0.4, 0.5) is 0 Å². The minimum atomic E-state index is 0.457. The van der Waals surface area contributed by atoms with Gasteiger partial charge in [0.15, 0.2) is 11.2 Å². The van der Waals surface area contributed by atoms with Gasteiger partial charge in [-0.15, -0.1) is 0 Å². The Kier molecular flexibility index (Phi) is 1.81. The molecule has 0 amide bonds. The summed E-state index contributed by atoms with van der Waals surface area (Å²) in [5.41, 5.74) is 1.48. The summed E-state index contributed by atoms with van der Waals surface area (Å²) < 4.78 is 2.97. The van der Waals surface area contributed by atoms with E-state index in [1.807, 2.05) is 22.6 Å². The number of nitrogens with zero attached hydrogens (tertiary/aromatic N) is 2. The Balaban J connectivity index is 2.45. The zero-order chi connectivity index (χ0) is 10.4.